The maximum atomic E-state index is 11.8. The van der Waals surface area contributed by atoms with Crippen LogP contribution in [0.3, 0.4) is 0 Å². The van der Waals surface area contributed by atoms with Crippen LogP contribution in [0.15, 0.2) is 67.1 Å². The topological polar surface area (TPSA) is 126 Å². The van der Waals surface area contributed by atoms with Gasteiger partial charge in [0.05, 0.1) is 31.1 Å². The first-order chi connectivity index (χ1) is 19.0. The fraction of sp³-hybridized carbons (Fsp3) is 0.355. The number of hydrogen-bond acceptors (Lipinski definition) is 7. The molecule has 40 heavy (non-hydrogen) atoms. The number of hydrogen-bond donors (Lipinski definition) is 2. The van der Waals surface area contributed by atoms with Crippen molar-refractivity contribution in [3.63, 3.8) is 0 Å². The van der Waals surface area contributed by atoms with Crippen LogP contribution in [-0.2, 0) is 36.9 Å². The highest BCUT2D eigenvalue weighted by Crippen LogP contribution is 2.36. The highest BCUT2D eigenvalue weighted by molar-refractivity contribution is 5.91. The summed E-state index contributed by atoms with van der Waals surface area (Å²) in [6, 6.07) is 17.0. The summed E-state index contributed by atoms with van der Waals surface area (Å²) in [5.41, 5.74) is 8.60. The number of terminal acetylenes is 1. The average molecular weight is 545 g/mol. The van der Waals surface area contributed by atoms with Crippen molar-refractivity contribution in [3.8, 4) is 12.3 Å². The fourth-order valence-corrected chi connectivity index (χ4v) is 4.25. The smallest absolute Gasteiger partial charge is 0.302 e. The van der Waals surface area contributed by atoms with Gasteiger partial charge < -0.3 is 25.1 Å². The van der Waals surface area contributed by atoms with Gasteiger partial charge in [0.2, 0.25) is 5.91 Å². The van der Waals surface area contributed by atoms with E-state index in [1.807, 2.05) is 53.2 Å². The lowest BCUT2D eigenvalue weighted by molar-refractivity contribution is -0.147. The van der Waals surface area contributed by atoms with Crippen molar-refractivity contribution >= 4 is 17.7 Å². The lowest BCUT2D eigenvalue weighted by Crippen LogP contribution is -2.54. The molecule has 3 aromatic rings. The van der Waals surface area contributed by atoms with Crippen LogP contribution in [0.2, 0.25) is 0 Å². The Balaban J connectivity index is 0.000000220. The van der Waals surface area contributed by atoms with Gasteiger partial charge in [-0.2, -0.15) is 0 Å². The maximum Gasteiger partial charge on any atom is 0.302 e. The van der Waals surface area contributed by atoms with Gasteiger partial charge in [-0.1, -0.05) is 54.6 Å². The summed E-state index contributed by atoms with van der Waals surface area (Å²) in [6.07, 6.45) is 9.36. The second-order valence-corrected chi connectivity index (χ2v) is 10.2. The summed E-state index contributed by atoms with van der Waals surface area (Å²) in [7, 11) is 0. The van der Waals surface area contributed by atoms with E-state index in [9.17, 15) is 14.4 Å². The van der Waals surface area contributed by atoms with Crippen LogP contribution in [0.25, 0.3) is 0 Å². The molecule has 0 fully saturated rings. The number of benzene rings is 2. The average Bonchev–Trinajstić information content (AvgIpc) is 3.51. The zero-order chi connectivity index (χ0) is 29.3. The first-order valence-electron chi connectivity index (χ1n) is 13.0. The van der Waals surface area contributed by atoms with E-state index in [0.29, 0.717) is 18.7 Å². The summed E-state index contributed by atoms with van der Waals surface area (Å²) in [6.45, 7) is 6.55. The van der Waals surface area contributed by atoms with Crippen LogP contribution >= 0.6 is 0 Å². The van der Waals surface area contributed by atoms with Crippen molar-refractivity contribution < 1.29 is 23.9 Å². The Bertz CT molecular complexity index is 1350. The summed E-state index contributed by atoms with van der Waals surface area (Å²) >= 11 is 0. The molecule has 0 saturated heterocycles. The first-order valence-corrected chi connectivity index (χ1v) is 13.0. The minimum Gasteiger partial charge on any atom is -0.460 e. The van der Waals surface area contributed by atoms with Crippen molar-refractivity contribution in [2.75, 3.05) is 6.61 Å². The number of esters is 1. The van der Waals surface area contributed by atoms with Crippen molar-refractivity contribution in [1.29, 1.82) is 0 Å². The molecule has 0 aliphatic heterocycles. The molecular weight excluding hydrogens is 508 g/mol. The molecule has 1 heterocycles. The Morgan fingerprint density at radius 3 is 2.42 bits per heavy atom. The number of rotatable bonds is 9. The lowest BCUT2D eigenvalue weighted by atomic mass is 10.1. The van der Waals surface area contributed by atoms with Crippen molar-refractivity contribution in [2.24, 2.45) is 5.73 Å². The number of Topliss-reactive ketones (excluding diaryl/α,β-unsaturated/α-hetero) is 1. The molecular formula is C31H36N4O5. The number of imidazole rings is 1. The molecule has 2 aromatic carbocycles. The monoisotopic (exact) mass is 544 g/mol. The molecule has 0 saturated carbocycles. The standard InChI is InChI=1S/C16H14N2O2.C15H22N2O3/c1-3-13-9-18(10-17-13)16-14-7-5-4-6-12(14)8-15(16)20-11(2)19;1-11(18)13(17-14(19)15(2,3)16)10-20-9-12-7-5-4-6-8-12/h1,4-7,9-10,15-16H,8H2,2H3;4-8,13H,9-10,16H2,1-3H3,(H,17,19)/t15-,16+;13-/m11/s1. The largest absolute Gasteiger partial charge is 0.460 e. The van der Waals surface area contributed by atoms with Gasteiger partial charge in [-0.15, -0.1) is 6.42 Å². The van der Waals surface area contributed by atoms with Crippen molar-refractivity contribution in [1.82, 2.24) is 14.9 Å². The molecule has 1 aromatic heterocycles. The molecule has 210 valence electrons. The number of ether oxygens (including phenoxy) is 2. The molecule has 3 N–H and O–H groups in total. The van der Waals surface area contributed by atoms with E-state index in [2.05, 4.69) is 28.4 Å². The minimum absolute atomic E-state index is 0.0651. The number of aromatic nitrogens is 2. The second-order valence-electron chi connectivity index (χ2n) is 10.2. The Labute approximate surface area is 235 Å². The third kappa shape index (κ3) is 8.37. The van der Waals surface area contributed by atoms with Crippen LogP contribution < -0.4 is 11.1 Å². The number of nitrogens with two attached hydrogens (primary N) is 1. The van der Waals surface area contributed by atoms with E-state index >= 15 is 0 Å². The quantitative estimate of drug-likeness (QED) is 0.313. The van der Waals surface area contributed by atoms with Crippen LogP contribution in [0.1, 0.15) is 56.1 Å². The Kier molecular flexibility index (Phi) is 10.4. The SMILES string of the molecule is C#Cc1cn([C@H]2c3ccccc3C[C@H]2OC(C)=O)cn1.CC(=O)[C@@H](COCc1ccccc1)NC(=O)C(C)(C)N. The lowest BCUT2D eigenvalue weighted by Gasteiger charge is -2.22. The van der Waals surface area contributed by atoms with Gasteiger partial charge in [-0.05, 0) is 43.4 Å². The summed E-state index contributed by atoms with van der Waals surface area (Å²) in [5.74, 6) is 1.71. The van der Waals surface area contributed by atoms with E-state index in [1.54, 1.807) is 20.2 Å². The zero-order valence-electron chi connectivity index (χ0n) is 23.3. The normalized spacial score (nSPS) is 16.5. The minimum atomic E-state index is -1.02. The Morgan fingerprint density at radius 1 is 1.15 bits per heavy atom. The molecule has 0 spiro atoms. The molecule has 9 heteroatoms. The Morgan fingerprint density at radius 2 is 1.82 bits per heavy atom. The molecule has 4 rings (SSSR count). The second kappa shape index (κ2) is 13.7. The number of nitrogens with zero attached hydrogens (tertiary/aromatic N) is 2. The van der Waals surface area contributed by atoms with Crippen LogP contribution in [0.4, 0.5) is 0 Å². The van der Waals surface area contributed by atoms with Gasteiger partial charge in [-0.25, -0.2) is 4.98 Å². The Hall–Kier alpha value is -4.26. The third-order valence-corrected chi connectivity index (χ3v) is 6.31. The van der Waals surface area contributed by atoms with Gasteiger partial charge in [0, 0.05) is 19.5 Å². The molecule has 0 unspecified atom stereocenters. The highest BCUT2D eigenvalue weighted by atomic mass is 16.5. The molecule has 1 aliphatic carbocycles. The van der Waals surface area contributed by atoms with Crippen LogP contribution in [0.5, 0.6) is 0 Å². The van der Waals surface area contributed by atoms with E-state index < -0.39 is 11.6 Å². The van der Waals surface area contributed by atoms with E-state index in [0.717, 1.165) is 11.1 Å². The maximum absolute atomic E-state index is 11.8. The highest BCUT2D eigenvalue weighted by Gasteiger charge is 2.35. The predicted molar refractivity (Wildman–Crippen MR) is 151 cm³/mol. The van der Waals surface area contributed by atoms with Gasteiger partial charge in [0.1, 0.15) is 17.8 Å². The van der Waals surface area contributed by atoms with E-state index in [4.69, 9.17) is 21.6 Å². The number of carbonyl (C=O) groups is 3. The molecule has 0 radical (unpaired) electrons. The molecule has 3 atom stereocenters. The van der Waals surface area contributed by atoms with E-state index in [1.165, 1.54) is 19.4 Å². The number of ketones is 1. The first kappa shape index (κ1) is 30.3. The third-order valence-electron chi connectivity index (χ3n) is 6.31. The number of fused-ring (bicyclic) bond motifs is 1. The molecule has 0 bridgehead atoms. The summed E-state index contributed by atoms with van der Waals surface area (Å²) in [4.78, 5) is 38.7. The zero-order valence-corrected chi connectivity index (χ0v) is 23.3. The van der Waals surface area contributed by atoms with Crippen LogP contribution in [-0.4, -0.2) is 51.5 Å². The predicted octanol–water partition coefficient (Wildman–Crippen LogP) is 2.96. The number of amides is 1. The van der Waals surface area contributed by atoms with E-state index in [-0.39, 0.29) is 36.4 Å². The molecule has 1 aliphatic rings. The van der Waals surface area contributed by atoms with Gasteiger partial charge in [-0.3, -0.25) is 14.4 Å². The van der Waals surface area contributed by atoms with Crippen molar-refractivity contribution in [3.05, 3.63) is 89.5 Å². The number of nitrogens with one attached hydrogen (secondary N) is 1. The van der Waals surface area contributed by atoms with Crippen molar-refractivity contribution in [2.45, 2.75) is 64.4 Å². The van der Waals surface area contributed by atoms with Crippen LogP contribution in [0, 0.1) is 12.3 Å². The molecule has 1 amide bonds. The number of carbonyl (C=O) groups excluding carboxylic acids is 3. The summed E-state index contributed by atoms with van der Waals surface area (Å²) < 4.78 is 12.9. The fourth-order valence-electron chi connectivity index (χ4n) is 4.25. The van der Waals surface area contributed by atoms with Gasteiger partial charge in [0.15, 0.2) is 5.78 Å². The van der Waals surface area contributed by atoms with Gasteiger partial charge in [0.25, 0.3) is 0 Å². The van der Waals surface area contributed by atoms with Gasteiger partial charge >= 0.3 is 5.97 Å². The summed E-state index contributed by atoms with van der Waals surface area (Å²) in [5, 5.41) is 2.60. The molecule has 9 nitrogen and oxygen atoms in total.